The molecule has 0 fully saturated rings. The molecule has 132 valence electrons. The molecule has 3 amide bonds. The summed E-state index contributed by atoms with van der Waals surface area (Å²) in [7, 11) is 1.57. The number of nitrogens with zero attached hydrogens (tertiary/aromatic N) is 1. The van der Waals surface area contributed by atoms with E-state index < -0.39 is 6.03 Å². The molecule has 4 N–H and O–H groups in total. The molecule has 1 aliphatic rings. The lowest BCUT2D eigenvalue weighted by Gasteiger charge is -2.29. The summed E-state index contributed by atoms with van der Waals surface area (Å²) in [4.78, 5) is 23.3. The van der Waals surface area contributed by atoms with Crippen molar-refractivity contribution in [3.63, 3.8) is 0 Å². The molecule has 0 aromatic carbocycles. The Bertz CT molecular complexity index is 676. The van der Waals surface area contributed by atoms with Crippen LogP contribution in [0.2, 0.25) is 0 Å². The number of furan rings is 1. The van der Waals surface area contributed by atoms with E-state index in [1.54, 1.807) is 7.11 Å². The molecule has 1 aliphatic carbocycles. The Hall–Kier alpha value is -2.35. The van der Waals surface area contributed by atoms with Crippen LogP contribution in [0.4, 0.5) is 4.79 Å². The van der Waals surface area contributed by atoms with E-state index in [0.29, 0.717) is 43.0 Å². The summed E-state index contributed by atoms with van der Waals surface area (Å²) in [6, 6.07) is -0.730. The Labute approximate surface area is 140 Å². The molecule has 1 heterocycles. The van der Waals surface area contributed by atoms with Gasteiger partial charge in [0.15, 0.2) is 5.76 Å². The quantitative estimate of drug-likeness (QED) is 0.555. The highest BCUT2D eigenvalue weighted by Crippen LogP contribution is 2.38. The highest BCUT2D eigenvalue weighted by atomic mass is 16.5. The van der Waals surface area contributed by atoms with E-state index in [9.17, 15) is 9.59 Å². The number of nitrogens with one attached hydrogen (secondary N) is 2. The fourth-order valence-electron chi connectivity index (χ4n) is 2.90. The molecule has 0 saturated heterocycles. The molecule has 0 atom stereocenters. The van der Waals surface area contributed by atoms with E-state index in [-0.39, 0.29) is 17.1 Å². The van der Waals surface area contributed by atoms with Crippen LogP contribution in [0.15, 0.2) is 9.52 Å². The van der Waals surface area contributed by atoms with E-state index in [2.05, 4.69) is 29.7 Å². The highest BCUT2D eigenvalue weighted by Gasteiger charge is 2.36. The summed E-state index contributed by atoms with van der Waals surface area (Å²) in [6.07, 6.45) is 1.33. The van der Waals surface area contributed by atoms with Crippen LogP contribution >= 0.6 is 0 Å². The van der Waals surface area contributed by atoms with Crippen molar-refractivity contribution in [3.8, 4) is 0 Å². The largest absolute Gasteiger partial charge is 0.455 e. The van der Waals surface area contributed by atoms with Gasteiger partial charge in [0.1, 0.15) is 5.76 Å². The number of amides is 3. The number of hydrazone groups is 1. The molecule has 2 rings (SSSR count). The van der Waals surface area contributed by atoms with Gasteiger partial charge in [0.05, 0.1) is 12.3 Å². The molecule has 0 aliphatic heterocycles. The van der Waals surface area contributed by atoms with Gasteiger partial charge in [-0.2, -0.15) is 5.10 Å². The molecule has 8 heteroatoms. The topological polar surface area (TPSA) is 119 Å². The summed E-state index contributed by atoms with van der Waals surface area (Å²) in [5, 5.41) is 6.86. The van der Waals surface area contributed by atoms with Gasteiger partial charge in [-0.25, -0.2) is 10.2 Å². The number of fused-ring (bicyclic) bond motifs is 1. The zero-order chi connectivity index (χ0) is 17.9. The van der Waals surface area contributed by atoms with Crippen LogP contribution in [0.25, 0.3) is 0 Å². The predicted octanol–water partition coefficient (Wildman–Crippen LogP) is 1.31. The number of primary amides is 1. The lowest BCUT2D eigenvalue weighted by molar-refractivity contribution is 0.0905. The van der Waals surface area contributed by atoms with E-state index in [0.717, 1.165) is 5.56 Å². The molecule has 0 spiro atoms. The second kappa shape index (κ2) is 7.04. The zero-order valence-corrected chi connectivity index (χ0v) is 14.5. The van der Waals surface area contributed by atoms with Gasteiger partial charge in [0.25, 0.3) is 5.91 Å². The normalized spacial score (nSPS) is 17.4. The predicted molar refractivity (Wildman–Crippen MR) is 89.0 cm³/mol. The highest BCUT2D eigenvalue weighted by molar-refractivity contribution is 6.07. The van der Waals surface area contributed by atoms with Gasteiger partial charge in [-0.1, -0.05) is 13.8 Å². The van der Waals surface area contributed by atoms with Crippen molar-refractivity contribution in [2.45, 2.75) is 33.6 Å². The van der Waals surface area contributed by atoms with Gasteiger partial charge in [0, 0.05) is 31.2 Å². The van der Waals surface area contributed by atoms with E-state index >= 15 is 0 Å². The van der Waals surface area contributed by atoms with Crippen LogP contribution in [0.5, 0.6) is 0 Å². The second-order valence-electron chi connectivity index (χ2n) is 6.66. The van der Waals surface area contributed by atoms with Crippen molar-refractivity contribution in [1.82, 2.24) is 10.7 Å². The Balaban J connectivity index is 2.36. The summed E-state index contributed by atoms with van der Waals surface area (Å²) < 4.78 is 10.7. The van der Waals surface area contributed by atoms with Gasteiger partial charge in [-0.15, -0.1) is 0 Å². The minimum absolute atomic E-state index is 0.0980. The summed E-state index contributed by atoms with van der Waals surface area (Å²) >= 11 is 0. The SMILES string of the molecule is COCCNC(=O)c1oc2c(c1C)/C(=N\NC(N)=O)CC(C)(C)C2. The van der Waals surface area contributed by atoms with Crippen LogP contribution in [0, 0.1) is 12.3 Å². The fourth-order valence-corrected chi connectivity index (χ4v) is 2.90. The maximum Gasteiger partial charge on any atom is 0.332 e. The van der Waals surface area contributed by atoms with Crippen LogP contribution in [-0.4, -0.2) is 37.9 Å². The average molecular weight is 336 g/mol. The molecule has 0 radical (unpaired) electrons. The van der Waals surface area contributed by atoms with Gasteiger partial charge >= 0.3 is 6.03 Å². The summed E-state index contributed by atoms with van der Waals surface area (Å²) in [5.41, 5.74) is 9.42. The summed E-state index contributed by atoms with van der Waals surface area (Å²) in [5.74, 6) is 0.671. The number of carbonyl (C=O) groups excluding carboxylic acids is 2. The van der Waals surface area contributed by atoms with Crippen molar-refractivity contribution in [1.29, 1.82) is 0 Å². The molecule has 0 saturated carbocycles. The minimum atomic E-state index is -0.730. The molecule has 24 heavy (non-hydrogen) atoms. The fraction of sp³-hybridized carbons (Fsp3) is 0.562. The lowest BCUT2D eigenvalue weighted by Crippen LogP contribution is -2.31. The molecular weight excluding hydrogens is 312 g/mol. The number of ether oxygens (including phenoxy) is 1. The number of carbonyl (C=O) groups is 2. The van der Waals surface area contributed by atoms with Crippen molar-refractivity contribution in [2.24, 2.45) is 16.3 Å². The average Bonchev–Trinajstić information content (AvgIpc) is 2.80. The standard InChI is InChI=1S/C16H24N4O4/c1-9-12-10(19-20-15(17)22)7-16(2,3)8-11(12)24-13(9)14(21)18-5-6-23-4/h5-8H2,1-4H3,(H,18,21)(H3,17,20,22)/b19-10-. The number of hydrogen-bond acceptors (Lipinski definition) is 5. The smallest absolute Gasteiger partial charge is 0.332 e. The first-order valence-corrected chi connectivity index (χ1v) is 7.77. The van der Waals surface area contributed by atoms with Crippen molar-refractivity contribution < 1.29 is 18.7 Å². The third-order valence-electron chi connectivity index (χ3n) is 3.89. The third-order valence-corrected chi connectivity index (χ3v) is 3.89. The first-order chi connectivity index (χ1) is 11.2. The number of rotatable bonds is 5. The minimum Gasteiger partial charge on any atom is -0.455 e. The zero-order valence-electron chi connectivity index (χ0n) is 14.5. The van der Waals surface area contributed by atoms with E-state index in [4.69, 9.17) is 14.9 Å². The van der Waals surface area contributed by atoms with Crippen LogP contribution in [0.1, 0.15) is 47.7 Å². The van der Waals surface area contributed by atoms with Crippen LogP contribution in [-0.2, 0) is 11.2 Å². The maximum atomic E-state index is 12.3. The van der Waals surface area contributed by atoms with E-state index in [1.807, 2.05) is 6.92 Å². The molecule has 0 unspecified atom stereocenters. The van der Waals surface area contributed by atoms with Crippen LogP contribution in [0.3, 0.4) is 0 Å². The Morgan fingerprint density at radius 3 is 2.71 bits per heavy atom. The monoisotopic (exact) mass is 336 g/mol. The van der Waals surface area contributed by atoms with Gasteiger partial charge in [-0.3, -0.25) is 4.79 Å². The van der Waals surface area contributed by atoms with Crippen molar-refractivity contribution in [2.75, 3.05) is 20.3 Å². The number of methoxy groups -OCH3 is 1. The van der Waals surface area contributed by atoms with Gasteiger partial charge in [0.2, 0.25) is 0 Å². The van der Waals surface area contributed by atoms with Gasteiger partial charge < -0.3 is 20.2 Å². The number of nitrogens with two attached hydrogens (primary N) is 1. The third kappa shape index (κ3) is 3.94. The molecule has 8 nitrogen and oxygen atoms in total. The number of hydrogen-bond donors (Lipinski definition) is 3. The van der Waals surface area contributed by atoms with Gasteiger partial charge in [-0.05, 0) is 18.8 Å². The first-order valence-electron chi connectivity index (χ1n) is 7.77. The molecule has 1 aromatic rings. The lowest BCUT2D eigenvalue weighted by atomic mass is 9.75. The van der Waals surface area contributed by atoms with E-state index in [1.165, 1.54) is 0 Å². The number of urea groups is 1. The molecule has 1 aromatic heterocycles. The molecule has 0 bridgehead atoms. The van der Waals surface area contributed by atoms with Crippen LogP contribution < -0.4 is 16.5 Å². The van der Waals surface area contributed by atoms with Crippen molar-refractivity contribution >= 4 is 17.6 Å². The Kier molecular flexibility index (Phi) is 5.28. The second-order valence-corrected chi connectivity index (χ2v) is 6.66. The summed E-state index contributed by atoms with van der Waals surface area (Å²) in [6.45, 7) is 6.78. The Morgan fingerprint density at radius 2 is 2.08 bits per heavy atom. The maximum absolute atomic E-state index is 12.3. The molecular formula is C16H24N4O4. The van der Waals surface area contributed by atoms with Crippen molar-refractivity contribution in [3.05, 3.63) is 22.6 Å². The first kappa shape index (κ1) is 18.0. The Morgan fingerprint density at radius 1 is 1.38 bits per heavy atom.